The van der Waals surface area contributed by atoms with Gasteiger partial charge < -0.3 is 9.47 Å². The maximum absolute atomic E-state index is 5.62. The molecule has 6 nitrogen and oxygen atoms in total. The summed E-state index contributed by atoms with van der Waals surface area (Å²) >= 11 is 0. The first kappa shape index (κ1) is 17.2. The molecule has 3 aromatic rings. The fourth-order valence-corrected chi connectivity index (χ4v) is 2.33. The van der Waals surface area contributed by atoms with E-state index in [0.717, 1.165) is 11.1 Å². The van der Waals surface area contributed by atoms with Crippen molar-refractivity contribution in [2.24, 2.45) is 5.10 Å². The third kappa shape index (κ3) is 4.08. The van der Waals surface area contributed by atoms with Gasteiger partial charge in [0.1, 0.15) is 12.9 Å². The van der Waals surface area contributed by atoms with Gasteiger partial charge in [0.2, 0.25) is 0 Å². The number of aromatic nitrogens is 3. The number of hydrogen-bond acceptors (Lipinski definition) is 5. The van der Waals surface area contributed by atoms with E-state index in [-0.39, 0.29) is 6.61 Å². The summed E-state index contributed by atoms with van der Waals surface area (Å²) < 4.78 is 12.7. The van der Waals surface area contributed by atoms with Gasteiger partial charge in [-0.25, -0.2) is 0 Å². The summed E-state index contributed by atoms with van der Waals surface area (Å²) in [6, 6.07) is 15.3. The minimum atomic E-state index is 0.189. The molecule has 0 amide bonds. The zero-order valence-corrected chi connectivity index (χ0v) is 14.4. The molecule has 2 aromatic carbocycles. The van der Waals surface area contributed by atoms with Crippen molar-refractivity contribution in [3.05, 3.63) is 60.4 Å². The second kappa shape index (κ2) is 8.49. The molecule has 0 saturated carbocycles. The van der Waals surface area contributed by atoms with Gasteiger partial charge in [0, 0.05) is 5.56 Å². The van der Waals surface area contributed by atoms with Crippen LogP contribution in [0.15, 0.2) is 60.0 Å². The van der Waals surface area contributed by atoms with Crippen LogP contribution in [0, 0.1) is 12.3 Å². The van der Waals surface area contributed by atoms with Crippen molar-refractivity contribution < 1.29 is 9.47 Å². The summed E-state index contributed by atoms with van der Waals surface area (Å²) in [6.45, 7) is 2.63. The third-order valence-electron chi connectivity index (χ3n) is 3.47. The molecule has 0 unspecified atom stereocenters. The molecule has 0 aliphatic heterocycles. The first-order valence-electron chi connectivity index (χ1n) is 8.14. The topological polar surface area (TPSA) is 61.5 Å². The predicted molar refractivity (Wildman–Crippen MR) is 100 cm³/mol. The molecule has 0 saturated heterocycles. The van der Waals surface area contributed by atoms with E-state index in [1.54, 1.807) is 17.2 Å². The molecular formula is C20H18N4O2. The Balaban J connectivity index is 1.84. The Hall–Kier alpha value is -3.59. The molecule has 0 spiro atoms. The molecule has 0 N–H and O–H groups in total. The van der Waals surface area contributed by atoms with Crippen molar-refractivity contribution in [3.8, 4) is 35.2 Å². The number of benzene rings is 2. The lowest BCUT2D eigenvalue weighted by Gasteiger charge is -2.10. The van der Waals surface area contributed by atoms with Crippen molar-refractivity contribution in [1.29, 1.82) is 0 Å². The second-order valence-electron chi connectivity index (χ2n) is 5.24. The summed E-state index contributed by atoms with van der Waals surface area (Å²) in [5, 5.41) is 12.5. The van der Waals surface area contributed by atoms with Gasteiger partial charge in [0.25, 0.3) is 0 Å². The summed E-state index contributed by atoms with van der Waals surface area (Å²) in [4.78, 5) is 0. The molecule has 1 heterocycles. The van der Waals surface area contributed by atoms with Crippen LogP contribution in [-0.4, -0.2) is 34.3 Å². The van der Waals surface area contributed by atoms with E-state index in [9.17, 15) is 0 Å². The fraction of sp³-hybridized carbons (Fsp3) is 0.150. The van der Waals surface area contributed by atoms with Crippen molar-refractivity contribution in [2.75, 3.05) is 13.2 Å². The van der Waals surface area contributed by atoms with E-state index >= 15 is 0 Å². The number of nitrogens with zero attached hydrogens (tertiary/aromatic N) is 4. The molecule has 26 heavy (non-hydrogen) atoms. The standard InChI is InChI=1S/C20H18N4O2/c1-3-12-26-18-11-10-16(13-19(18)25-4-2)14-22-24-15-21-23-20(24)17-8-6-5-7-9-17/h1,5-11,13-15H,4,12H2,2H3/b22-14-. The van der Waals surface area contributed by atoms with Crippen LogP contribution in [0.1, 0.15) is 12.5 Å². The summed E-state index contributed by atoms with van der Waals surface area (Å²) in [5.74, 6) is 4.34. The van der Waals surface area contributed by atoms with Crippen LogP contribution in [-0.2, 0) is 0 Å². The molecule has 130 valence electrons. The Morgan fingerprint density at radius 3 is 2.77 bits per heavy atom. The number of rotatable bonds is 7. The molecule has 0 atom stereocenters. The third-order valence-corrected chi connectivity index (χ3v) is 3.47. The average Bonchev–Trinajstić information content (AvgIpc) is 3.15. The minimum Gasteiger partial charge on any atom is -0.490 e. The van der Waals surface area contributed by atoms with E-state index in [0.29, 0.717) is 23.9 Å². The molecule has 0 bridgehead atoms. The normalized spacial score (nSPS) is 10.6. The summed E-state index contributed by atoms with van der Waals surface area (Å²) in [5.41, 5.74) is 1.80. The summed E-state index contributed by atoms with van der Waals surface area (Å²) in [7, 11) is 0. The minimum absolute atomic E-state index is 0.189. The maximum atomic E-state index is 5.62. The smallest absolute Gasteiger partial charge is 0.184 e. The molecule has 0 radical (unpaired) electrons. The Kier molecular flexibility index (Phi) is 5.63. The van der Waals surface area contributed by atoms with Crippen LogP contribution in [0.25, 0.3) is 11.4 Å². The van der Waals surface area contributed by atoms with Gasteiger partial charge in [-0.1, -0.05) is 36.3 Å². The zero-order chi connectivity index (χ0) is 18.2. The van der Waals surface area contributed by atoms with Gasteiger partial charge in [0.15, 0.2) is 17.3 Å². The first-order chi connectivity index (χ1) is 12.8. The van der Waals surface area contributed by atoms with E-state index in [4.69, 9.17) is 15.9 Å². The molecule has 0 aliphatic carbocycles. The van der Waals surface area contributed by atoms with Gasteiger partial charge in [0.05, 0.1) is 12.8 Å². The molecular weight excluding hydrogens is 328 g/mol. The van der Waals surface area contributed by atoms with Crippen LogP contribution in [0.4, 0.5) is 0 Å². The molecule has 0 fully saturated rings. The van der Waals surface area contributed by atoms with Crippen molar-refractivity contribution >= 4 is 6.21 Å². The quantitative estimate of drug-likeness (QED) is 0.487. The molecule has 3 rings (SSSR count). The lowest BCUT2D eigenvalue weighted by Crippen LogP contribution is -2.00. The lowest BCUT2D eigenvalue weighted by atomic mass is 10.2. The molecule has 0 aliphatic rings. The van der Waals surface area contributed by atoms with Crippen molar-refractivity contribution in [3.63, 3.8) is 0 Å². The Morgan fingerprint density at radius 2 is 2.00 bits per heavy atom. The van der Waals surface area contributed by atoms with Crippen LogP contribution in [0.2, 0.25) is 0 Å². The highest BCUT2D eigenvalue weighted by atomic mass is 16.5. The van der Waals surface area contributed by atoms with Gasteiger partial charge in [-0.3, -0.25) is 0 Å². The van der Waals surface area contributed by atoms with Crippen molar-refractivity contribution in [2.45, 2.75) is 6.92 Å². The maximum Gasteiger partial charge on any atom is 0.184 e. The van der Waals surface area contributed by atoms with Crippen LogP contribution >= 0.6 is 0 Å². The lowest BCUT2D eigenvalue weighted by molar-refractivity contribution is 0.299. The average molecular weight is 346 g/mol. The van der Waals surface area contributed by atoms with Gasteiger partial charge in [-0.15, -0.1) is 16.6 Å². The van der Waals surface area contributed by atoms with Crippen LogP contribution in [0.5, 0.6) is 11.5 Å². The Bertz CT molecular complexity index is 926. The highest BCUT2D eigenvalue weighted by molar-refractivity contribution is 5.81. The number of ether oxygens (including phenoxy) is 2. The van der Waals surface area contributed by atoms with Crippen LogP contribution < -0.4 is 9.47 Å². The predicted octanol–water partition coefficient (Wildman–Crippen LogP) is 3.24. The van der Waals surface area contributed by atoms with E-state index in [1.165, 1.54) is 0 Å². The monoisotopic (exact) mass is 346 g/mol. The van der Waals surface area contributed by atoms with E-state index in [2.05, 4.69) is 21.2 Å². The number of terminal acetylenes is 1. The van der Waals surface area contributed by atoms with Crippen LogP contribution in [0.3, 0.4) is 0 Å². The molecule has 6 heteroatoms. The van der Waals surface area contributed by atoms with E-state index in [1.807, 2.05) is 55.5 Å². The van der Waals surface area contributed by atoms with Gasteiger partial charge in [-0.2, -0.15) is 9.78 Å². The highest BCUT2D eigenvalue weighted by Gasteiger charge is 2.07. The van der Waals surface area contributed by atoms with Gasteiger partial charge in [-0.05, 0) is 30.7 Å². The van der Waals surface area contributed by atoms with Crippen molar-refractivity contribution in [1.82, 2.24) is 14.9 Å². The van der Waals surface area contributed by atoms with Gasteiger partial charge >= 0.3 is 0 Å². The highest BCUT2D eigenvalue weighted by Crippen LogP contribution is 2.28. The second-order valence-corrected chi connectivity index (χ2v) is 5.24. The Morgan fingerprint density at radius 1 is 1.15 bits per heavy atom. The SMILES string of the molecule is C#CCOc1ccc(/C=N\n2cnnc2-c2ccccc2)cc1OCC. The number of hydrogen-bond donors (Lipinski definition) is 0. The largest absolute Gasteiger partial charge is 0.490 e. The first-order valence-corrected chi connectivity index (χ1v) is 8.14. The summed E-state index contributed by atoms with van der Waals surface area (Å²) in [6.07, 6.45) is 8.52. The fourth-order valence-electron chi connectivity index (χ4n) is 2.33. The molecule has 1 aromatic heterocycles. The zero-order valence-electron chi connectivity index (χ0n) is 14.4. The van der Waals surface area contributed by atoms with E-state index < -0.39 is 0 Å². The Labute approximate surface area is 152 Å².